The number of hydrogen-bond acceptors (Lipinski definition) is 5. The topological polar surface area (TPSA) is 51.2 Å². The monoisotopic (exact) mass is 378 g/mol. The molecule has 0 aliphatic carbocycles. The Bertz CT molecular complexity index is 831. The summed E-state index contributed by atoms with van der Waals surface area (Å²) in [7, 11) is 0. The Morgan fingerprint density at radius 3 is 2.96 bits per heavy atom. The second-order valence-electron chi connectivity index (χ2n) is 5.03. The molecule has 7 heteroatoms. The van der Waals surface area contributed by atoms with Gasteiger partial charge >= 0.3 is 0 Å². The molecule has 3 aromatic rings. The van der Waals surface area contributed by atoms with Gasteiger partial charge in [0.1, 0.15) is 10.8 Å². The lowest BCUT2D eigenvalue weighted by Gasteiger charge is -2.07. The standard InChI is InChI=1S/C17H15ClN2O2S2/c1-11-15(24-17(20-11)14-6-3-7-23-14)9-19-16(21)10-22-13-5-2-4-12(18)8-13/h2-8H,9-10H2,1H3,(H,19,21). The first-order valence-corrected chi connectivity index (χ1v) is 9.34. The summed E-state index contributed by atoms with van der Waals surface area (Å²) in [6, 6.07) is 11.0. The molecule has 0 bridgehead atoms. The molecule has 124 valence electrons. The predicted octanol–water partition coefficient (Wildman–Crippen LogP) is 4.53. The van der Waals surface area contributed by atoms with Crippen molar-refractivity contribution in [3.05, 3.63) is 57.4 Å². The van der Waals surface area contributed by atoms with Crippen molar-refractivity contribution < 1.29 is 9.53 Å². The number of thiophene rings is 1. The largest absolute Gasteiger partial charge is 0.484 e. The Hall–Kier alpha value is -1.89. The van der Waals surface area contributed by atoms with Crippen molar-refractivity contribution in [2.45, 2.75) is 13.5 Å². The zero-order valence-corrected chi connectivity index (χ0v) is 15.3. The van der Waals surface area contributed by atoms with Crippen molar-refractivity contribution in [3.63, 3.8) is 0 Å². The van der Waals surface area contributed by atoms with E-state index in [9.17, 15) is 4.79 Å². The van der Waals surface area contributed by atoms with Gasteiger partial charge in [0, 0.05) is 9.90 Å². The summed E-state index contributed by atoms with van der Waals surface area (Å²) in [5.74, 6) is 0.395. The highest BCUT2D eigenvalue weighted by molar-refractivity contribution is 7.21. The normalized spacial score (nSPS) is 10.6. The second kappa shape index (κ2) is 7.79. The lowest BCUT2D eigenvalue weighted by molar-refractivity contribution is -0.123. The summed E-state index contributed by atoms with van der Waals surface area (Å²) >= 11 is 9.14. The van der Waals surface area contributed by atoms with Crippen LogP contribution >= 0.6 is 34.3 Å². The molecule has 0 spiro atoms. The van der Waals surface area contributed by atoms with E-state index in [4.69, 9.17) is 16.3 Å². The number of benzene rings is 1. The van der Waals surface area contributed by atoms with Crippen molar-refractivity contribution in [2.24, 2.45) is 0 Å². The van der Waals surface area contributed by atoms with E-state index in [1.165, 1.54) is 0 Å². The summed E-state index contributed by atoms with van der Waals surface area (Å²) < 4.78 is 5.42. The SMILES string of the molecule is Cc1nc(-c2cccs2)sc1CNC(=O)COc1cccc(Cl)c1. The summed E-state index contributed by atoms with van der Waals surface area (Å²) in [6.45, 7) is 2.36. The number of aromatic nitrogens is 1. The number of aryl methyl sites for hydroxylation is 1. The summed E-state index contributed by atoms with van der Waals surface area (Å²) in [4.78, 5) is 18.7. The molecule has 24 heavy (non-hydrogen) atoms. The fourth-order valence-corrected chi connectivity index (χ4v) is 4.01. The maximum Gasteiger partial charge on any atom is 0.258 e. The highest BCUT2D eigenvalue weighted by atomic mass is 35.5. The molecule has 1 amide bonds. The first-order chi connectivity index (χ1) is 11.6. The highest BCUT2D eigenvalue weighted by Crippen LogP contribution is 2.30. The molecule has 4 nitrogen and oxygen atoms in total. The molecule has 1 N–H and O–H groups in total. The Labute approximate surface area is 153 Å². The minimum atomic E-state index is -0.180. The Kier molecular flexibility index (Phi) is 5.50. The van der Waals surface area contributed by atoms with Crippen LogP contribution in [0.3, 0.4) is 0 Å². The van der Waals surface area contributed by atoms with E-state index in [0.717, 1.165) is 20.5 Å². The van der Waals surface area contributed by atoms with E-state index in [1.807, 2.05) is 24.4 Å². The van der Waals surface area contributed by atoms with E-state index < -0.39 is 0 Å². The third-order valence-electron chi connectivity index (χ3n) is 3.24. The van der Waals surface area contributed by atoms with Crippen LogP contribution in [0.1, 0.15) is 10.6 Å². The van der Waals surface area contributed by atoms with Gasteiger partial charge in [0.25, 0.3) is 5.91 Å². The van der Waals surface area contributed by atoms with Crippen LogP contribution in [0.5, 0.6) is 5.75 Å². The molecule has 0 saturated heterocycles. The summed E-state index contributed by atoms with van der Waals surface area (Å²) in [6.07, 6.45) is 0. The molecule has 0 aliphatic rings. The number of thiazole rings is 1. The number of halogens is 1. The van der Waals surface area contributed by atoms with E-state index >= 15 is 0 Å². The minimum Gasteiger partial charge on any atom is -0.484 e. The van der Waals surface area contributed by atoms with E-state index in [2.05, 4.69) is 10.3 Å². The first kappa shape index (κ1) is 17.0. The first-order valence-electron chi connectivity index (χ1n) is 7.27. The fourth-order valence-electron chi connectivity index (χ4n) is 2.03. The van der Waals surface area contributed by atoms with Crippen LogP contribution in [0, 0.1) is 6.92 Å². The average Bonchev–Trinajstić information content (AvgIpc) is 3.20. The maximum atomic E-state index is 11.9. The molecule has 0 radical (unpaired) electrons. The van der Waals surface area contributed by atoms with Crippen molar-refractivity contribution in [2.75, 3.05) is 6.61 Å². The minimum absolute atomic E-state index is 0.0457. The Morgan fingerprint density at radius 1 is 1.33 bits per heavy atom. The van der Waals surface area contributed by atoms with Gasteiger partial charge in [-0.1, -0.05) is 23.7 Å². The molecule has 0 aliphatic heterocycles. The zero-order valence-electron chi connectivity index (χ0n) is 12.9. The summed E-state index contributed by atoms with van der Waals surface area (Å²) in [5.41, 5.74) is 0.944. The van der Waals surface area contributed by atoms with Gasteiger partial charge < -0.3 is 10.1 Å². The Morgan fingerprint density at radius 2 is 2.21 bits per heavy atom. The number of ether oxygens (including phenoxy) is 1. The van der Waals surface area contributed by atoms with Gasteiger partial charge in [-0.15, -0.1) is 22.7 Å². The van der Waals surface area contributed by atoms with Gasteiger partial charge in [0.05, 0.1) is 17.1 Å². The number of nitrogens with zero attached hydrogens (tertiary/aromatic N) is 1. The van der Waals surface area contributed by atoms with Crippen LogP contribution in [-0.4, -0.2) is 17.5 Å². The molecule has 0 fully saturated rings. The van der Waals surface area contributed by atoms with Crippen LogP contribution in [0.15, 0.2) is 41.8 Å². The van der Waals surface area contributed by atoms with Crippen LogP contribution < -0.4 is 10.1 Å². The zero-order chi connectivity index (χ0) is 16.9. The van der Waals surface area contributed by atoms with Crippen molar-refractivity contribution in [3.8, 4) is 15.6 Å². The van der Waals surface area contributed by atoms with Crippen LogP contribution in [0.25, 0.3) is 9.88 Å². The number of carbonyl (C=O) groups is 1. The Balaban J connectivity index is 1.53. The highest BCUT2D eigenvalue weighted by Gasteiger charge is 2.11. The molecule has 2 aromatic heterocycles. The van der Waals surface area contributed by atoms with E-state index in [1.54, 1.807) is 46.9 Å². The molecule has 1 aromatic carbocycles. The number of amides is 1. The quantitative estimate of drug-likeness (QED) is 0.685. The van der Waals surface area contributed by atoms with Crippen molar-refractivity contribution in [1.82, 2.24) is 10.3 Å². The van der Waals surface area contributed by atoms with Gasteiger partial charge in [-0.25, -0.2) is 4.98 Å². The fraction of sp³-hybridized carbons (Fsp3) is 0.176. The molecular formula is C17H15ClN2O2S2. The average molecular weight is 379 g/mol. The van der Waals surface area contributed by atoms with Crippen molar-refractivity contribution >= 4 is 40.2 Å². The van der Waals surface area contributed by atoms with Crippen LogP contribution in [0.4, 0.5) is 0 Å². The van der Waals surface area contributed by atoms with E-state index in [-0.39, 0.29) is 12.5 Å². The third kappa shape index (κ3) is 4.35. The van der Waals surface area contributed by atoms with Gasteiger partial charge in [0.15, 0.2) is 6.61 Å². The van der Waals surface area contributed by atoms with Crippen LogP contribution in [0.2, 0.25) is 5.02 Å². The van der Waals surface area contributed by atoms with Gasteiger partial charge in [-0.05, 0) is 36.6 Å². The molecular weight excluding hydrogens is 364 g/mol. The lowest BCUT2D eigenvalue weighted by atomic mass is 10.3. The lowest BCUT2D eigenvalue weighted by Crippen LogP contribution is -2.28. The van der Waals surface area contributed by atoms with Crippen molar-refractivity contribution in [1.29, 1.82) is 0 Å². The number of carbonyl (C=O) groups excluding carboxylic acids is 1. The molecule has 0 unspecified atom stereocenters. The van der Waals surface area contributed by atoms with Gasteiger partial charge in [-0.2, -0.15) is 0 Å². The van der Waals surface area contributed by atoms with Gasteiger partial charge in [-0.3, -0.25) is 4.79 Å². The number of rotatable bonds is 6. The molecule has 2 heterocycles. The molecule has 3 rings (SSSR count). The summed E-state index contributed by atoms with van der Waals surface area (Å²) in [5, 5.41) is 6.45. The number of nitrogens with one attached hydrogen (secondary N) is 1. The smallest absolute Gasteiger partial charge is 0.258 e. The van der Waals surface area contributed by atoms with E-state index in [0.29, 0.717) is 17.3 Å². The molecule has 0 saturated carbocycles. The molecule has 0 atom stereocenters. The predicted molar refractivity (Wildman–Crippen MR) is 99.0 cm³/mol. The third-order valence-corrected chi connectivity index (χ3v) is 5.67. The van der Waals surface area contributed by atoms with Crippen LogP contribution in [-0.2, 0) is 11.3 Å². The second-order valence-corrected chi connectivity index (χ2v) is 7.50. The van der Waals surface area contributed by atoms with Gasteiger partial charge in [0.2, 0.25) is 0 Å². The number of hydrogen-bond donors (Lipinski definition) is 1. The maximum absolute atomic E-state index is 11.9.